The molecule has 1 heteroatoms. The first-order valence-electron chi connectivity index (χ1n) is 6.08. The van der Waals surface area contributed by atoms with Crippen molar-refractivity contribution in [3.05, 3.63) is 0 Å². The Hall–Kier alpha value is 0.350. The smallest absolute Gasteiger partial charge is 0.00756 e. The maximum Gasteiger partial charge on any atom is 0.00756 e. The third-order valence-electron chi connectivity index (χ3n) is 3.66. The highest BCUT2D eigenvalue weighted by molar-refractivity contribution is 8.00. The van der Waals surface area contributed by atoms with Crippen LogP contribution >= 0.6 is 11.8 Å². The summed E-state index contributed by atoms with van der Waals surface area (Å²) in [6, 6.07) is 0. The molecule has 1 saturated heterocycles. The molecule has 0 spiro atoms. The van der Waals surface area contributed by atoms with Gasteiger partial charge in [0.2, 0.25) is 0 Å². The lowest BCUT2D eigenvalue weighted by molar-refractivity contribution is 0.406. The van der Waals surface area contributed by atoms with Gasteiger partial charge in [0, 0.05) is 5.25 Å². The van der Waals surface area contributed by atoms with E-state index >= 15 is 0 Å². The van der Waals surface area contributed by atoms with Gasteiger partial charge in [-0.2, -0.15) is 11.8 Å². The van der Waals surface area contributed by atoms with Crippen LogP contribution in [0.3, 0.4) is 0 Å². The molecule has 0 aromatic heterocycles. The van der Waals surface area contributed by atoms with Gasteiger partial charge in [-0.25, -0.2) is 0 Å². The van der Waals surface area contributed by atoms with Gasteiger partial charge >= 0.3 is 0 Å². The van der Waals surface area contributed by atoms with Gasteiger partial charge in [0.25, 0.3) is 0 Å². The monoisotopic (exact) mass is 198 g/mol. The Morgan fingerprint density at radius 3 is 2.23 bits per heavy atom. The minimum atomic E-state index is 1.05. The Labute approximate surface area is 86.9 Å². The molecule has 1 saturated carbocycles. The lowest BCUT2D eigenvalue weighted by Crippen LogP contribution is -2.12. The van der Waals surface area contributed by atoms with E-state index in [0.717, 1.165) is 11.2 Å². The second-order valence-corrected chi connectivity index (χ2v) is 6.00. The molecule has 13 heavy (non-hydrogen) atoms. The van der Waals surface area contributed by atoms with Gasteiger partial charge in [0.05, 0.1) is 0 Å². The molecule has 0 amide bonds. The molecule has 2 aliphatic rings. The molecule has 0 aromatic carbocycles. The molecule has 76 valence electrons. The number of hydrogen-bond donors (Lipinski definition) is 0. The summed E-state index contributed by atoms with van der Waals surface area (Å²) in [5.74, 6) is 2.55. The molecule has 2 fully saturated rings. The fourth-order valence-electron chi connectivity index (χ4n) is 2.80. The van der Waals surface area contributed by atoms with E-state index in [4.69, 9.17) is 0 Å². The van der Waals surface area contributed by atoms with Crippen LogP contribution in [-0.4, -0.2) is 11.0 Å². The normalized spacial score (nSPS) is 36.9. The predicted molar refractivity (Wildman–Crippen MR) is 61.3 cm³/mol. The number of fused-ring (bicyclic) bond motifs is 1. The van der Waals surface area contributed by atoms with E-state index in [2.05, 4.69) is 11.8 Å². The van der Waals surface area contributed by atoms with E-state index < -0.39 is 0 Å². The van der Waals surface area contributed by atoms with Crippen molar-refractivity contribution in [1.82, 2.24) is 0 Å². The van der Waals surface area contributed by atoms with Gasteiger partial charge in [-0.05, 0) is 30.9 Å². The van der Waals surface area contributed by atoms with E-state index in [1.54, 1.807) is 0 Å². The Balaban J connectivity index is 1.82. The van der Waals surface area contributed by atoms with Gasteiger partial charge in [-0.3, -0.25) is 0 Å². The van der Waals surface area contributed by atoms with Gasteiger partial charge in [0.1, 0.15) is 0 Å². The summed E-state index contributed by atoms with van der Waals surface area (Å²) in [6.07, 6.45) is 13.6. The summed E-state index contributed by atoms with van der Waals surface area (Å²) in [5.41, 5.74) is 0. The summed E-state index contributed by atoms with van der Waals surface area (Å²) in [4.78, 5) is 0. The summed E-state index contributed by atoms with van der Waals surface area (Å²) >= 11 is 2.26. The van der Waals surface area contributed by atoms with Crippen molar-refractivity contribution in [3.63, 3.8) is 0 Å². The first-order chi connectivity index (χ1) is 6.47. The van der Waals surface area contributed by atoms with E-state index in [9.17, 15) is 0 Å². The third kappa shape index (κ3) is 2.90. The zero-order valence-electron chi connectivity index (χ0n) is 8.63. The van der Waals surface area contributed by atoms with Gasteiger partial charge in [0.15, 0.2) is 0 Å². The first-order valence-corrected chi connectivity index (χ1v) is 7.13. The number of rotatable bonds is 0. The second kappa shape index (κ2) is 5.29. The van der Waals surface area contributed by atoms with Gasteiger partial charge in [-0.1, -0.05) is 38.5 Å². The van der Waals surface area contributed by atoms with Crippen LogP contribution in [0.4, 0.5) is 0 Å². The highest BCUT2D eigenvalue weighted by atomic mass is 32.2. The Morgan fingerprint density at radius 2 is 1.38 bits per heavy atom. The van der Waals surface area contributed by atoms with Crippen LogP contribution in [0.25, 0.3) is 0 Å². The van der Waals surface area contributed by atoms with Crippen LogP contribution in [-0.2, 0) is 0 Å². The topological polar surface area (TPSA) is 0 Å². The van der Waals surface area contributed by atoms with Crippen LogP contribution in [0.2, 0.25) is 0 Å². The Bertz CT molecular complexity index is 128. The van der Waals surface area contributed by atoms with Gasteiger partial charge < -0.3 is 0 Å². The van der Waals surface area contributed by atoms with E-state index in [1.165, 1.54) is 63.5 Å². The lowest BCUT2D eigenvalue weighted by Gasteiger charge is -2.19. The van der Waals surface area contributed by atoms with Crippen LogP contribution in [0, 0.1) is 5.92 Å². The standard InChI is InChI=1S/C12H22S/c1-2-4-6-8-12-11(7-5-3-1)9-10-13-12/h11-12H,1-10H2. The van der Waals surface area contributed by atoms with Crippen LogP contribution < -0.4 is 0 Å². The largest absolute Gasteiger partial charge is 0.158 e. The van der Waals surface area contributed by atoms with Crippen molar-refractivity contribution in [2.45, 2.75) is 63.0 Å². The maximum atomic E-state index is 2.26. The van der Waals surface area contributed by atoms with Crippen LogP contribution in [0.5, 0.6) is 0 Å². The third-order valence-corrected chi connectivity index (χ3v) is 5.18. The second-order valence-electron chi connectivity index (χ2n) is 4.66. The molecule has 2 rings (SSSR count). The first kappa shape index (κ1) is 9.89. The molecule has 2 atom stereocenters. The van der Waals surface area contributed by atoms with Gasteiger partial charge in [-0.15, -0.1) is 0 Å². The zero-order chi connectivity index (χ0) is 8.93. The quantitative estimate of drug-likeness (QED) is 0.561. The summed E-state index contributed by atoms with van der Waals surface area (Å²) < 4.78 is 0. The summed E-state index contributed by atoms with van der Waals surface area (Å²) in [5, 5.41) is 1.05. The van der Waals surface area contributed by atoms with Crippen molar-refractivity contribution in [2.75, 3.05) is 5.75 Å². The highest BCUT2D eigenvalue weighted by Crippen LogP contribution is 2.39. The molecule has 1 aliphatic carbocycles. The molecule has 1 aliphatic heterocycles. The fourth-order valence-corrected chi connectivity index (χ4v) is 4.42. The van der Waals surface area contributed by atoms with E-state index in [0.29, 0.717) is 0 Å². The van der Waals surface area contributed by atoms with Crippen molar-refractivity contribution < 1.29 is 0 Å². The summed E-state index contributed by atoms with van der Waals surface area (Å²) in [7, 11) is 0. The minimum absolute atomic E-state index is 1.05. The molecule has 0 N–H and O–H groups in total. The van der Waals surface area contributed by atoms with Crippen molar-refractivity contribution >= 4 is 11.8 Å². The van der Waals surface area contributed by atoms with Crippen LogP contribution in [0.1, 0.15) is 57.8 Å². The Morgan fingerprint density at radius 1 is 0.692 bits per heavy atom. The van der Waals surface area contributed by atoms with Crippen molar-refractivity contribution in [3.8, 4) is 0 Å². The molecule has 0 bridgehead atoms. The molecule has 1 heterocycles. The molecular weight excluding hydrogens is 176 g/mol. The molecule has 0 nitrogen and oxygen atoms in total. The number of thioether (sulfide) groups is 1. The van der Waals surface area contributed by atoms with Crippen molar-refractivity contribution in [1.29, 1.82) is 0 Å². The maximum absolute atomic E-state index is 2.26. The average Bonchev–Trinajstić information content (AvgIpc) is 2.59. The molecular formula is C12H22S. The SMILES string of the molecule is C1CCCCC2SCCC2CCC1. The minimum Gasteiger partial charge on any atom is -0.158 e. The van der Waals surface area contributed by atoms with Crippen LogP contribution in [0.15, 0.2) is 0 Å². The Kier molecular flexibility index (Phi) is 4.02. The average molecular weight is 198 g/mol. The molecule has 2 unspecified atom stereocenters. The lowest BCUT2D eigenvalue weighted by atomic mass is 9.90. The predicted octanol–water partition coefficient (Wildman–Crippen LogP) is 4.24. The van der Waals surface area contributed by atoms with Crippen molar-refractivity contribution in [2.24, 2.45) is 5.92 Å². The molecule has 0 radical (unpaired) electrons. The fraction of sp³-hybridized carbons (Fsp3) is 1.00. The van der Waals surface area contributed by atoms with E-state index in [1.807, 2.05) is 0 Å². The summed E-state index contributed by atoms with van der Waals surface area (Å²) in [6.45, 7) is 0. The zero-order valence-corrected chi connectivity index (χ0v) is 9.45. The molecule has 0 aromatic rings. The van der Waals surface area contributed by atoms with E-state index in [-0.39, 0.29) is 0 Å². The highest BCUT2D eigenvalue weighted by Gasteiger charge is 2.26. The number of hydrogen-bond acceptors (Lipinski definition) is 1.